The van der Waals surface area contributed by atoms with Crippen molar-refractivity contribution in [3.63, 3.8) is 0 Å². The van der Waals surface area contributed by atoms with E-state index in [-0.39, 0.29) is 5.75 Å². The van der Waals surface area contributed by atoms with Crippen LogP contribution < -0.4 is 0 Å². The van der Waals surface area contributed by atoms with Gasteiger partial charge in [-0.1, -0.05) is 18.2 Å². The summed E-state index contributed by atoms with van der Waals surface area (Å²) < 4.78 is 0. The Labute approximate surface area is 77.5 Å². The molecule has 1 aromatic rings. The molecule has 0 radical (unpaired) electrons. The van der Waals surface area contributed by atoms with Gasteiger partial charge in [-0.3, -0.25) is 0 Å². The maximum Gasteiger partial charge on any atom is 0.123 e. The number of phenolic OH excluding ortho intramolecular Hbond substituents is 1. The molecule has 0 fully saturated rings. The molecule has 0 amide bonds. The minimum Gasteiger partial charge on any atom is -0.508 e. The smallest absolute Gasteiger partial charge is 0.123 e. The first-order valence-electron chi connectivity index (χ1n) is 4.14. The van der Waals surface area contributed by atoms with E-state index in [1.807, 2.05) is 19.1 Å². The molecule has 2 heteroatoms. The molecular formula is C11H12O2. The molecule has 0 aliphatic heterocycles. The van der Waals surface area contributed by atoms with Crippen molar-refractivity contribution in [1.82, 2.24) is 0 Å². The molecule has 0 unspecified atom stereocenters. The fourth-order valence-corrected chi connectivity index (χ4v) is 1.06. The van der Waals surface area contributed by atoms with Gasteiger partial charge in [-0.05, 0) is 30.2 Å². The topological polar surface area (TPSA) is 37.3 Å². The van der Waals surface area contributed by atoms with E-state index in [1.54, 1.807) is 18.2 Å². The van der Waals surface area contributed by atoms with Crippen molar-refractivity contribution >= 4 is 12.4 Å². The normalized spacial score (nSPS) is 10.5. The number of carbonyl (C=O) groups excluding carboxylic acids is 1. The van der Waals surface area contributed by atoms with E-state index in [0.29, 0.717) is 6.42 Å². The van der Waals surface area contributed by atoms with Gasteiger partial charge >= 0.3 is 0 Å². The standard InChI is InChI=1S/C11H12O2/c1-9-5-6-11(13)8-10(9)4-2-3-7-12/h2,4-8,13H,3H2,1H3. The van der Waals surface area contributed by atoms with Crippen molar-refractivity contribution in [1.29, 1.82) is 0 Å². The summed E-state index contributed by atoms with van der Waals surface area (Å²) in [5.41, 5.74) is 2.03. The third kappa shape index (κ3) is 2.75. The van der Waals surface area contributed by atoms with Crippen LogP contribution in [0.3, 0.4) is 0 Å². The van der Waals surface area contributed by atoms with Gasteiger partial charge < -0.3 is 9.90 Å². The summed E-state index contributed by atoms with van der Waals surface area (Å²) in [7, 11) is 0. The highest BCUT2D eigenvalue weighted by atomic mass is 16.3. The Balaban J connectivity index is 2.86. The summed E-state index contributed by atoms with van der Waals surface area (Å²) in [6.45, 7) is 1.96. The lowest BCUT2D eigenvalue weighted by Crippen LogP contribution is -1.79. The van der Waals surface area contributed by atoms with Crippen LogP contribution in [-0.2, 0) is 4.79 Å². The van der Waals surface area contributed by atoms with Gasteiger partial charge in [0.1, 0.15) is 12.0 Å². The number of hydrogen-bond acceptors (Lipinski definition) is 2. The Morgan fingerprint density at radius 1 is 1.46 bits per heavy atom. The first kappa shape index (κ1) is 9.52. The molecule has 0 saturated carbocycles. The molecule has 2 nitrogen and oxygen atoms in total. The highest BCUT2D eigenvalue weighted by Crippen LogP contribution is 2.17. The fraction of sp³-hybridized carbons (Fsp3) is 0.182. The molecule has 0 spiro atoms. The first-order chi connectivity index (χ1) is 6.24. The van der Waals surface area contributed by atoms with Gasteiger partial charge in [0.15, 0.2) is 0 Å². The monoisotopic (exact) mass is 176 g/mol. The third-order valence-corrected chi connectivity index (χ3v) is 1.79. The number of aryl methyl sites for hydroxylation is 1. The van der Waals surface area contributed by atoms with Crippen LogP contribution in [-0.4, -0.2) is 11.4 Å². The zero-order valence-corrected chi connectivity index (χ0v) is 7.53. The van der Waals surface area contributed by atoms with Crippen LogP contribution in [0.2, 0.25) is 0 Å². The van der Waals surface area contributed by atoms with Crippen LogP contribution in [0.1, 0.15) is 17.5 Å². The molecule has 1 N–H and O–H groups in total. The van der Waals surface area contributed by atoms with Crippen LogP contribution in [0, 0.1) is 6.92 Å². The second-order valence-electron chi connectivity index (χ2n) is 2.85. The number of carbonyl (C=O) groups is 1. The van der Waals surface area contributed by atoms with Gasteiger partial charge in [-0.15, -0.1) is 0 Å². The quantitative estimate of drug-likeness (QED) is 0.717. The molecule has 0 heterocycles. The molecule has 0 bridgehead atoms. The Hall–Kier alpha value is -1.57. The molecule has 0 saturated heterocycles. The summed E-state index contributed by atoms with van der Waals surface area (Å²) >= 11 is 0. The van der Waals surface area contributed by atoms with E-state index in [0.717, 1.165) is 17.4 Å². The van der Waals surface area contributed by atoms with Crippen LogP contribution in [0.15, 0.2) is 24.3 Å². The van der Waals surface area contributed by atoms with Gasteiger partial charge in [0.25, 0.3) is 0 Å². The minimum absolute atomic E-state index is 0.247. The highest BCUT2D eigenvalue weighted by Gasteiger charge is 1.94. The molecule has 0 aromatic heterocycles. The second-order valence-corrected chi connectivity index (χ2v) is 2.85. The zero-order chi connectivity index (χ0) is 9.68. The average molecular weight is 176 g/mol. The Morgan fingerprint density at radius 3 is 2.92 bits per heavy atom. The summed E-state index contributed by atoms with van der Waals surface area (Å²) in [6, 6.07) is 5.17. The first-order valence-corrected chi connectivity index (χ1v) is 4.14. The summed E-state index contributed by atoms with van der Waals surface area (Å²) in [5.74, 6) is 0.247. The van der Waals surface area contributed by atoms with Gasteiger partial charge in [0, 0.05) is 6.42 Å². The molecule has 68 valence electrons. The van der Waals surface area contributed by atoms with Gasteiger partial charge in [-0.25, -0.2) is 0 Å². The van der Waals surface area contributed by atoms with Crippen LogP contribution in [0.5, 0.6) is 5.75 Å². The number of hydrogen-bond donors (Lipinski definition) is 1. The van der Waals surface area contributed by atoms with Crippen molar-refractivity contribution in [2.75, 3.05) is 0 Å². The molecule has 0 aliphatic rings. The average Bonchev–Trinajstić information content (AvgIpc) is 2.11. The Morgan fingerprint density at radius 2 is 2.23 bits per heavy atom. The van der Waals surface area contributed by atoms with E-state index < -0.39 is 0 Å². The largest absolute Gasteiger partial charge is 0.508 e. The number of benzene rings is 1. The van der Waals surface area contributed by atoms with E-state index in [9.17, 15) is 9.90 Å². The van der Waals surface area contributed by atoms with Gasteiger partial charge in [-0.2, -0.15) is 0 Å². The number of aromatic hydroxyl groups is 1. The molecule has 0 aliphatic carbocycles. The summed E-state index contributed by atoms with van der Waals surface area (Å²) in [6.07, 6.45) is 4.86. The van der Waals surface area contributed by atoms with E-state index in [4.69, 9.17) is 0 Å². The lowest BCUT2D eigenvalue weighted by atomic mass is 10.1. The number of allylic oxidation sites excluding steroid dienone is 1. The number of rotatable bonds is 3. The number of aldehydes is 1. The molecule has 1 aromatic carbocycles. The van der Waals surface area contributed by atoms with Crippen LogP contribution >= 0.6 is 0 Å². The lowest BCUT2D eigenvalue weighted by molar-refractivity contribution is -0.107. The maximum atomic E-state index is 10.0. The van der Waals surface area contributed by atoms with Gasteiger partial charge in [0.05, 0.1) is 0 Å². The van der Waals surface area contributed by atoms with Crippen molar-refractivity contribution in [2.45, 2.75) is 13.3 Å². The van der Waals surface area contributed by atoms with Gasteiger partial charge in [0.2, 0.25) is 0 Å². The summed E-state index contributed by atoms with van der Waals surface area (Å²) in [4.78, 5) is 10.0. The van der Waals surface area contributed by atoms with E-state index >= 15 is 0 Å². The second kappa shape index (κ2) is 4.45. The van der Waals surface area contributed by atoms with Crippen LogP contribution in [0.4, 0.5) is 0 Å². The molecule has 13 heavy (non-hydrogen) atoms. The van der Waals surface area contributed by atoms with E-state index in [2.05, 4.69) is 0 Å². The fourth-order valence-electron chi connectivity index (χ4n) is 1.06. The Kier molecular flexibility index (Phi) is 3.26. The predicted molar refractivity (Wildman–Crippen MR) is 52.6 cm³/mol. The van der Waals surface area contributed by atoms with Crippen molar-refractivity contribution in [3.05, 3.63) is 35.4 Å². The Bertz CT molecular complexity index is 327. The lowest BCUT2D eigenvalue weighted by Gasteiger charge is -1.99. The maximum absolute atomic E-state index is 10.0. The summed E-state index contributed by atoms with van der Waals surface area (Å²) in [5, 5.41) is 9.19. The molecular weight excluding hydrogens is 164 g/mol. The molecule has 0 atom stereocenters. The molecule has 1 rings (SSSR count). The zero-order valence-electron chi connectivity index (χ0n) is 7.53. The van der Waals surface area contributed by atoms with Crippen molar-refractivity contribution in [3.8, 4) is 5.75 Å². The SMILES string of the molecule is Cc1ccc(O)cc1C=CCC=O. The van der Waals surface area contributed by atoms with Crippen LogP contribution in [0.25, 0.3) is 6.08 Å². The predicted octanol–water partition coefficient (Wildman–Crippen LogP) is 2.30. The number of phenols is 1. The van der Waals surface area contributed by atoms with Crippen molar-refractivity contribution in [2.24, 2.45) is 0 Å². The third-order valence-electron chi connectivity index (χ3n) is 1.79. The van der Waals surface area contributed by atoms with Crippen molar-refractivity contribution < 1.29 is 9.90 Å². The minimum atomic E-state index is 0.247. The highest BCUT2D eigenvalue weighted by molar-refractivity contribution is 5.60. The van der Waals surface area contributed by atoms with E-state index in [1.165, 1.54) is 0 Å².